The maximum absolute atomic E-state index is 6.60. The minimum Gasteiger partial charge on any atom is -0.456 e. The minimum absolute atomic E-state index is 0.260. The molecule has 0 saturated heterocycles. The number of aromatic nitrogens is 1. The Morgan fingerprint density at radius 2 is 1.10 bits per heavy atom. The molecule has 11 aromatic rings. The summed E-state index contributed by atoms with van der Waals surface area (Å²) in [5.41, 5.74) is 18.2. The van der Waals surface area contributed by atoms with E-state index >= 15 is 0 Å². The first kappa shape index (κ1) is 35.3. The lowest BCUT2D eigenvalue weighted by molar-refractivity contribution is 0.539. The number of para-hydroxylation sites is 2. The van der Waals surface area contributed by atoms with Crippen molar-refractivity contribution in [2.24, 2.45) is 0 Å². The highest BCUT2D eigenvalue weighted by molar-refractivity contribution is 6.12. The molecule has 3 heterocycles. The third kappa shape index (κ3) is 5.49. The topological polar surface area (TPSA) is 42.4 Å². The summed E-state index contributed by atoms with van der Waals surface area (Å²) in [6, 6.07) is 67.0. The maximum Gasteiger partial charge on any atom is 0.140 e. The lowest BCUT2D eigenvalue weighted by Crippen LogP contribution is -2.20. The summed E-state index contributed by atoms with van der Waals surface area (Å²) in [6.45, 7) is 4.57. The van der Waals surface area contributed by atoms with E-state index in [1.165, 1.54) is 27.8 Å². The molecule has 1 aliphatic rings. The Balaban J connectivity index is 0.943. The first-order valence-corrected chi connectivity index (χ1v) is 21.1. The number of hydrogen-bond donors (Lipinski definition) is 0. The summed E-state index contributed by atoms with van der Waals surface area (Å²) in [6.07, 6.45) is 2.97. The van der Waals surface area contributed by atoms with Crippen LogP contribution in [-0.2, 0) is 5.41 Å². The van der Waals surface area contributed by atoms with Gasteiger partial charge in [-0.1, -0.05) is 128 Å². The average Bonchev–Trinajstić information content (AvgIpc) is 3.98. The summed E-state index contributed by atoms with van der Waals surface area (Å²) < 4.78 is 12.8. The van der Waals surface area contributed by atoms with Gasteiger partial charge < -0.3 is 13.7 Å². The summed E-state index contributed by atoms with van der Waals surface area (Å²) in [5, 5.41) is 4.58. The van der Waals surface area contributed by atoms with Crippen LogP contribution in [0.5, 0.6) is 0 Å². The summed E-state index contributed by atoms with van der Waals surface area (Å²) in [5.74, 6) is 0. The molecule has 0 aliphatic heterocycles. The van der Waals surface area contributed by atoms with Crippen molar-refractivity contribution in [3.8, 4) is 44.5 Å². The number of nitrogens with zero attached hydrogens (tertiary/aromatic N) is 2. The third-order valence-electron chi connectivity index (χ3n) is 13.0. The van der Waals surface area contributed by atoms with Crippen LogP contribution < -0.4 is 4.90 Å². The van der Waals surface area contributed by atoms with Gasteiger partial charge >= 0.3 is 0 Å². The highest BCUT2D eigenvalue weighted by Crippen LogP contribution is 2.54. The molecule has 61 heavy (non-hydrogen) atoms. The van der Waals surface area contributed by atoms with Gasteiger partial charge in [0.25, 0.3) is 0 Å². The number of furan rings is 2. The average molecular weight is 785 g/mol. The SMILES string of the molecule is CCC1(C)c2ncc(-c3ccc(N(c4ccc(-c5cccc6oc7ccccc7c56)cc4)c4cccc(-c5ccccc5)c4)cc3)cc2-c2ccc3c(oc4ccccc43)c21. The molecule has 12 rings (SSSR count). The normalized spacial score (nSPS) is 14.5. The van der Waals surface area contributed by atoms with Crippen LogP contribution in [0.1, 0.15) is 31.5 Å². The number of rotatable bonds is 7. The second-order valence-electron chi connectivity index (χ2n) is 16.4. The van der Waals surface area contributed by atoms with Gasteiger partial charge in [0.2, 0.25) is 0 Å². The van der Waals surface area contributed by atoms with Crippen molar-refractivity contribution in [1.82, 2.24) is 4.98 Å². The van der Waals surface area contributed by atoms with Gasteiger partial charge in [-0.05, 0) is 113 Å². The Bertz CT molecular complexity index is 3470. The van der Waals surface area contributed by atoms with E-state index in [-0.39, 0.29) is 5.41 Å². The Morgan fingerprint density at radius 1 is 0.459 bits per heavy atom. The van der Waals surface area contributed by atoms with Crippen molar-refractivity contribution in [3.63, 3.8) is 0 Å². The molecule has 4 heteroatoms. The molecule has 1 aliphatic carbocycles. The Kier molecular flexibility index (Phi) is 7.91. The van der Waals surface area contributed by atoms with E-state index in [2.05, 4.69) is 189 Å². The van der Waals surface area contributed by atoms with Gasteiger partial charge in [0.05, 0.1) is 5.69 Å². The van der Waals surface area contributed by atoms with Crippen molar-refractivity contribution >= 4 is 60.9 Å². The molecule has 0 N–H and O–H groups in total. The molecular weight excluding hydrogens is 745 g/mol. The van der Waals surface area contributed by atoms with Crippen LogP contribution in [0.25, 0.3) is 88.4 Å². The van der Waals surface area contributed by atoms with E-state index in [0.29, 0.717) is 0 Å². The molecule has 0 bridgehead atoms. The van der Waals surface area contributed by atoms with Crippen LogP contribution in [0.15, 0.2) is 203 Å². The van der Waals surface area contributed by atoms with Crippen LogP contribution in [0.2, 0.25) is 0 Å². The highest BCUT2D eigenvalue weighted by atomic mass is 16.3. The van der Waals surface area contributed by atoms with Crippen molar-refractivity contribution in [2.75, 3.05) is 4.90 Å². The van der Waals surface area contributed by atoms with Crippen molar-refractivity contribution in [3.05, 3.63) is 206 Å². The molecule has 8 aromatic carbocycles. The van der Waals surface area contributed by atoms with Crippen molar-refractivity contribution < 1.29 is 8.83 Å². The number of fused-ring (bicyclic) bond motifs is 10. The lowest BCUT2D eigenvalue weighted by atomic mass is 9.79. The molecule has 0 saturated carbocycles. The Labute approximate surface area is 354 Å². The number of anilines is 3. The summed E-state index contributed by atoms with van der Waals surface area (Å²) in [4.78, 5) is 7.58. The van der Waals surface area contributed by atoms with E-state index < -0.39 is 0 Å². The zero-order valence-electron chi connectivity index (χ0n) is 33.9. The lowest BCUT2D eigenvalue weighted by Gasteiger charge is -2.26. The molecule has 0 spiro atoms. The van der Waals surface area contributed by atoms with Crippen molar-refractivity contribution in [1.29, 1.82) is 0 Å². The fraction of sp³-hybridized carbons (Fsp3) is 0.0702. The number of benzene rings is 8. The van der Waals surface area contributed by atoms with E-state index in [4.69, 9.17) is 13.8 Å². The first-order valence-electron chi connectivity index (χ1n) is 21.1. The van der Waals surface area contributed by atoms with E-state index in [1.54, 1.807) is 0 Å². The monoisotopic (exact) mass is 784 g/mol. The van der Waals surface area contributed by atoms with Crippen molar-refractivity contribution in [2.45, 2.75) is 25.7 Å². The van der Waals surface area contributed by atoms with Gasteiger partial charge in [0, 0.05) is 66.9 Å². The molecule has 0 amide bonds. The fourth-order valence-electron chi connectivity index (χ4n) is 9.80. The molecule has 0 radical (unpaired) electrons. The van der Waals surface area contributed by atoms with Crippen LogP contribution in [-0.4, -0.2) is 4.98 Å². The fourth-order valence-corrected chi connectivity index (χ4v) is 9.80. The second-order valence-corrected chi connectivity index (χ2v) is 16.4. The number of hydrogen-bond acceptors (Lipinski definition) is 4. The Hall–Kier alpha value is -7.69. The predicted molar refractivity (Wildman–Crippen MR) is 252 cm³/mol. The van der Waals surface area contributed by atoms with Crippen LogP contribution in [0, 0.1) is 0 Å². The van der Waals surface area contributed by atoms with E-state index in [1.807, 2.05) is 24.4 Å². The van der Waals surface area contributed by atoms with Crippen LogP contribution >= 0.6 is 0 Å². The number of pyridine rings is 1. The van der Waals surface area contributed by atoms with E-state index in [0.717, 1.165) is 95.3 Å². The highest BCUT2D eigenvalue weighted by Gasteiger charge is 2.42. The molecule has 3 aromatic heterocycles. The zero-order chi connectivity index (χ0) is 40.7. The largest absolute Gasteiger partial charge is 0.456 e. The molecule has 1 atom stereocenters. The third-order valence-corrected chi connectivity index (χ3v) is 13.0. The zero-order valence-corrected chi connectivity index (χ0v) is 33.9. The summed E-state index contributed by atoms with van der Waals surface area (Å²) >= 11 is 0. The van der Waals surface area contributed by atoms with Gasteiger partial charge in [-0.15, -0.1) is 0 Å². The van der Waals surface area contributed by atoms with Gasteiger partial charge in [-0.25, -0.2) is 0 Å². The summed E-state index contributed by atoms with van der Waals surface area (Å²) in [7, 11) is 0. The standard InChI is InChI=1S/C57H40N2O2/c1-3-57(2)54-46(31-32-47-45-17-7-9-20-50(45)61-55(47)54)49-34-40(35-58-56(49)57)37-23-27-41(28-24-37)59(43-16-11-15-39(33-43)36-13-5-4-6-14-36)42-29-25-38(26-30-42)44-19-12-22-52-53(44)48-18-8-10-21-51(48)60-52/h4-35H,3H2,1-2H3. The maximum atomic E-state index is 6.60. The van der Waals surface area contributed by atoms with Gasteiger partial charge in [0.1, 0.15) is 22.3 Å². The second kappa shape index (κ2) is 13.7. The van der Waals surface area contributed by atoms with Gasteiger partial charge in [0.15, 0.2) is 0 Å². The predicted octanol–water partition coefficient (Wildman–Crippen LogP) is 16.0. The molecule has 290 valence electrons. The smallest absolute Gasteiger partial charge is 0.140 e. The van der Waals surface area contributed by atoms with Gasteiger partial charge in [-0.2, -0.15) is 0 Å². The minimum atomic E-state index is -0.260. The molecule has 1 unspecified atom stereocenters. The van der Waals surface area contributed by atoms with Crippen LogP contribution in [0.3, 0.4) is 0 Å². The Morgan fingerprint density at radius 3 is 1.87 bits per heavy atom. The van der Waals surface area contributed by atoms with Gasteiger partial charge in [-0.3, -0.25) is 4.98 Å². The van der Waals surface area contributed by atoms with Crippen LogP contribution in [0.4, 0.5) is 17.1 Å². The van der Waals surface area contributed by atoms with E-state index in [9.17, 15) is 0 Å². The quantitative estimate of drug-likeness (QED) is 0.161. The molecule has 0 fully saturated rings. The molecule has 4 nitrogen and oxygen atoms in total. The molecular formula is C57H40N2O2. The first-order chi connectivity index (χ1) is 30.1.